The maximum atomic E-state index is 12.9. The van der Waals surface area contributed by atoms with E-state index in [9.17, 15) is 74.6 Å². The molecule has 2 nitrogen and oxygen atoms in total. The predicted octanol–water partition coefficient (Wildman–Crippen LogP) is 5.97. The molecule has 0 aliphatic carbocycles. The van der Waals surface area contributed by atoms with E-state index >= 15 is 0 Å². The van der Waals surface area contributed by atoms with Crippen molar-refractivity contribution in [1.29, 1.82) is 0 Å². The van der Waals surface area contributed by atoms with Gasteiger partial charge in [-0.1, -0.05) is 0 Å². The second kappa shape index (κ2) is 5.95. The first-order chi connectivity index (χ1) is 11.3. The molecule has 0 aliphatic heterocycles. The van der Waals surface area contributed by atoms with E-state index in [2.05, 4.69) is 0 Å². The number of alkyl halides is 17. The van der Waals surface area contributed by atoms with Crippen molar-refractivity contribution in [3.05, 3.63) is 5.53 Å². The van der Waals surface area contributed by atoms with Gasteiger partial charge in [0.25, 0.3) is 0 Å². The third kappa shape index (κ3) is 2.95. The summed E-state index contributed by atoms with van der Waals surface area (Å²) in [6.07, 6.45) is -7.79. The molecule has 0 atom stereocenters. The van der Waals surface area contributed by atoms with Gasteiger partial charge in [0.05, 0.1) is 0 Å². The summed E-state index contributed by atoms with van der Waals surface area (Å²) >= 11 is 0. The molecule has 0 unspecified atom stereocenters. The molecule has 162 valence electrons. The van der Waals surface area contributed by atoms with Gasteiger partial charge in [-0.3, -0.25) is 0 Å². The average molecular weight is 447 g/mol. The lowest BCUT2D eigenvalue weighted by Gasteiger charge is -2.42. The number of hydrogen-bond acceptors (Lipinski definition) is 1. The Labute approximate surface area is 134 Å². The Balaban J connectivity index is 6.69. The van der Waals surface area contributed by atoms with E-state index in [0.717, 1.165) is 0 Å². The molecule has 0 fully saturated rings. The first-order valence-electron chi connectivity index (χ1n) is 5.39. The SMILES string of the molecule is [N-]=NC(F)(F)C(F)(F)C(F)(F)C(F)(F)C(F)(F)C(F)(F)C(F)(F)C(F)(F)F. The summed E-state index contributed by atoms with van der Waals surface area (Å²) in [6, 6.07) is -7.09. The summed E-state index contributed by atoms with van der Waals surface area (Å²) in [5.41, 5.74) is 7.37. The van der Waals surface area contributed by atoms with E-state index < -0.39 is 47.8 Å². The summed E-state index contributed by atoms with van der Waals surface area (Å²) < 4.78 is 213. The Kier molecular flexibility index (Phi) is 5.60. The molecule has 0 bridgehead atoms. The standard InChI is InChI=1S/C8F17N2/c9-1(10,3(13,14)5(17,18)7(21,22)23)2(11,12)4(15,16)6(19,20)8(24,25)27-26/q-1. The van der Waals surface area contributed by atoms with Crippen LogP contribution in [0.15, 0.2) is 5.11 Å². The summed E-state index contributed by atoms with van der Waals surface area (Å²) in [7, 11) is 0. The Morgan fingerprint density at radius 3 is 0.815 bits per heavy atom. The molecule has 0 saturated carbocycles. The highest BCUT2D eigenvalue weighted by Gasteiger charge is 2.95. The Morgan fingerprint density at radius 2 is 0.593 bits per heavy atom. The van der Waals surface area contributed by atoms with E-state index in [1.54, 1.807) is 0 Å². The summed E-state index contributed by atoms with van der Waals surface area (Å²) in [4.78, 5) is 0. The molecule has 0 N–H and O–H groups in total. The van der Waals surface area contributed by atoms with E-state index in [4.69, 9.17) is 5.53 Å². The Bertz CT molecular complexity index is 572. The number of rotatable bonds is 7. The predicted molar refractivity (Wildman–Crippen MR) is 46.5 cm³/mol. The quantitative estimate of drug-likeness (QED) is 0.262. The molecule has 0 aromatic carbocycles. The van der Waals surface area contributed by atoms with Gasteiger partial charge in [-0.25, -0.2) is 0 Å². The van der Waals surface area contributed by atoms with Crippen LogP contribution in [0.4, 0.5) is 74.6 Å². The van der Waals surface area contributed by atoms with Crippen LogP contribution in [0, 0.1) is 0 Å². The lowest BCUT2D eigenvalue weighted by molar-refractivity contribution is -0.461. The normalized spacial score (nSPS) is 16.5. The molecule has 27 heavy (non-hydrogen) atoms. The van der Waals surface area contributed by atoms with Crippen LogP contribution in [0.3, 0.4) is 0 Å². The van der Waals surface area contributed by atoms with Crippen LogP contribution >= 0.6 is 0 Å². The molecule has 0 heterocycles. The van der Waals surface area contributed by atoms with Gasteiger partial charge in [0, 0.05) is 0 Å². The van der Waals surface area contributed by atoms with Crippen LogP contribution in [-0.2, 0) is 0 Å². The van der Waals surface area contributed by atoms with Crippen LogP contribution < -0.4 is 0 Å². The minimum Gasteiger partial charge on any atom is -0.707 e. The zero-order valence-electron chi connectivity index (χ0n) is 11.3. The van der Waals surface area contributed by atoms with Crippen molar-refractivity contribution in [1.82, 2.24) is 0 Å². The fourth-order valence-corrected chi connectivity index (χ4v) is 1.22. The average Bonchev–Trinajstić information content (AvgIpc) is 2.44. The van der Waals surface area contributed by atoms with Crippen molar-refractivity contribution in [2.45, 2.75) is 47.8 Å². The number of hydrogen-bond donors (Lipinski definition) is 0. The maximum Gasteiger partial charge on any atom is 0.460 e. The first-order valence-corrected chi connectivity index (χ1v) is 5.39. The van der Waals surface area contributed by atoms with Gasteiger partial charge in [-0.2, -0.15) is 74.6 Å². The molecule has 0 rings (SSSR count). The van der Waals surface area contributed by atoms with Crippen LogP contribution in [0.2, 0.25) is 0 Å². The molecule has 0 spiro atoms. The van der Waals surface area contributed by atoms with E-state index in [1.807, 2.05) is 0 Å². The minimum atomic E-state index is -8.68. The van der Waals surface area contributed by atoms with E-state index in [0.29, 0.717) is 0 Å². The topological polar surface area (TPSA) is 34.7 Å². The largest absolute Gasteiger partial charge is 0.707 e. The summed E-state index contributed by atoms with van der Waals surface area (Å²) in [5, 5.41) is 0.147. The number of nitrogens with zero attached hydrogens (tertiary/aromatic N) is 2. The van der Waals surface area contributed by atoms with Gasteiger partial charge in [0.2, 0.25) is 0 Å². The van der Waals surface area contributed by atoms with E-state index in [1.165, 1.54) is 0 Å². The van der Waals surface area contributed by atoms with Gasteiger partial charge >= 0.3 is 47.8 Å². The smallest absolute Gasteiger partial charge is 0.460 e. The zero-order valence-corrected chi connectivity index (χ0v) is 11.3. The Hall–Kier alpha value is -1.59. The monoisotopic (exact) mass is 447 g/mol. The third-order valence-electron chi connectivity index (χ3n) is 2.83. The molecule has 0 amide bonds. The van der Waals surface area contributed by atoms with E-state index in [-0.39, 0.29) is 5.11 Å². The molecule has 0 saturated heterocycles. The van der Waals surface area contributed by atoms with Crippen molar-refractivity contribution >= 4 is 0 Å². The van der Waals surface area contributed by atoms with Gasteiger partial charge in [-0.15, -0.1) is 0 Å². The van der Waals surface area contributed by atoms with Gasteiger partial charge in [-0.05, 0) is 0 Å². The van der Waals surface area contributed by atoms with Crippen molar-refractivity contribution in [2.24, 2.45) is 5.11 Å². The zero-order chi connectivity index (χ0) is 22.7. The van der Waals surface area contributed by atoms with Crippen LogP contribution in [0.1, 0.15) is 0 Å². The van der Waals surface area contributed by atoms with Crippen molar-refractivity contribution in [2.75, 3.05) is 0 Å². The highest BCUT2D eigenvalue weighted by Crippen LogP contribution is 2.63. The van der Waals surface area contributed by atoms with Crippen molar-refractivity contribution in [3.8, 4) is 0 Å². The highest BCUT2D eigenvalue weighted by atomic mass is 19.4. The highest BCUT2D eigenvalue weighted by molar-refractivity contribution is 5.14. The Morgan fingerprint density at radius 1 is 0.370 bits per heavy atom. The molecule has 19 heteroatoms. The summed E-state index contributed by atoms with van der Waals surface area (Å²) in [6.45, 7) is 0. The minimum absolute atomic E-state index is 0.147. The lowest BCUT2D eigenvalue weighted by Crippen LogP contribution is -2.74. The molecular formula is C8F17N2-. The number of halogens is 17. The van der Waals surface area contributed by atoms with Crippen LogP contribution in [0.25, 0.3) is 5.53 Å². The molecule has 0 aromatic heterocycles. The molecular weight excluding hydrogens is 447 g/mol. The molecule has 0 aromatic rings. The van der Waals surface area contributed by atoms with Crippen molar-refractivity contribution in [3.63, 3.8) is 0 Å². The molecule has 0 radical (unpaired) electrons. The van der Waals surface area contributed by atoms with Crippen LogP contribution in [-0.4, -0.2) is 47.8 Å². The van der Waals surface area contributed by atoms with Gasteiger partial charge < -0.3 is 10.6 Å². The van der Waals surface area contributed by atoms with Gasteiger partial charge in [0.15, 0.2) is 0 Å². The fourth-order valence-electron chi connectivity index (χ4n) is 1.22. The second-order valence-electron chi connectivity index (χ2n) is 4.59. The lowest BCUT2D eigenvalue weighted by atomic mass is 9.90. The van der Waals surface area contributed by atoms with Crippen LogP contribution in [0.5, 0.6) is 0 Å². The fraction of sp³-hybridized carbons (Fsp3) is 1.00. The third-order valence-corrected chi connectivity index (χ3v) is 2.83. The van der Waals surface area contributed by atoms with Gasteiger partial charge in [0.1, 0.15) is 0 Å². The maximum absolute atomic E-state index is 12.9. The first kappa shape index (κ1) is 25.4. The molecule has 0 aliphatic rings. The second-order valence-corrected chi connectivity index (χ2v) is 4.59. The van der Waals surface area contributed by atoms with Crippen molar-refractivity contribution < 1.29 is 74.6 Å². The summed E-state index contributed by atoms with van der Waals surface area (Å²) in [5.74, 6) is -50.5.